The van der Waals surface area contributed by atoms with Gasteiger partial charge in [0.15, 0.2) is 0 Å². The van der Waals surface area contributed by atoms with Gasteiger partial charge in [-0.15, -0.1) is 0 Å². The van der Waals surface area contributed by atoms with Crippen LogP contribution in [0, 0.1) is 11.7 Å². The highest BCUT2D eigenvalue weighted by Crippen LogP contribution is 2.34. The Morgan fingerprint density at radius 1 is 1.32 bits per heavy atom. The van der Waals surface area contributed by atoms with E-state index in [-0.39, 0.29) is 17.8 Å². The minimum atomic E-state index is -0.491. The third-order valence-corrected chi connectivity index (χ3v) is 4.44. The summed E-state index contributed by atoms with van der Waals surface area (Å²) in [6.45, 7) is 0.449. The average Bonchev–Trinajstić information content (AvgIpc) is 3.35. The Morgan fingerprint density at radius 3 is 2.50 bits per heavy atom. The maximum Gasteiger partial charge on any atom is 0.242 e. The minimum absolute atomic E-state index is 0.0698. The van der Waals surface area contributed by atoms with Gasteiger partial charge >= 0.3 is 0 Å². The van der Waals surface area contributed by atoms with Crippen LogP contribution in [0.25, 0.3) is 0 Å². The van der Waals surface area contributed by atoms with Crippen LogP contribution in [-0.4, -0.2) is 41.7 Å². The molecule has 2 aliphatic rings. The van der Waals surface area contributed by atoms with Crippen molar-refractivity contribution in [3.05, 3.63) is 35.6 Å². The SMILES string of the molecule is CN(CC(O)C1CC1)C(C(=O)NC1CC1)c1ccc(F)cc1. The fourth-order valence-corrected chi connectivity index (χ4v) is 2.79. The number of amides is 1. The third-order valence-electron chi connectivity index (χ3n) is 4.44. The Balaban J connectivity index is 1.74. The van der Waals surface area contributed by atoms with Crippen molar-refractivity contribution in [3.8, 4) is 0 Å². The fourth-order valence-electron chi connectivity index (χ4n) is 2.79. The molecule has 0 aromatic heterocycles. The lowest BCUT2D eigenvalue weighted by Crippen LogP contribution is -2.42. The summed E-state index contributed by atoms with van der Waals surface area (Å²) in [5.74, 6) is -0.0202. The second-order valence-corrected chi connectivity index (χ2v) is 6.58. The Hall–Kier alpha value is -1.46. The molecule has 2 unspecified atom stereocenters. The van der Waals surface area contributed by atoms with Gasteiger partial charge in [-0.1, -0.05) is 12.1 Å². The lowest BCUT2D eigenvalue weighted by molar-refractivity contribution is -0.126. The first-order chi connectivity index (χ1) is 10.5. The summed E-state index contributed by atoms with van der Waals surface area (Å²) in [5, 5.41) is 13.2. The highest BCUT2D eigenvalue weighted by Gasteiger charge is 2.35. The first-order valence-corrected chi connectivity index (χ1v) is 7.98. The van der Waals surface area contributed by atoms with E-state index >= 15 is 0 Å². The van der Waals surface area contributed by atoms with Gasteiger partial charge in [0.25, 0.3) is 0 Å². The van der Waals surface area contributed by atoms with Gasteiger partial charge in [-0.3, -0.25) is 9.69 Å². The first kappa shape index (κ1) is 15.4. The molecule has 0 aliphatic heterocycles. The van der Waals surface area contributed by atoms with E-state index in [1.54, 1.807) is 12.1 Å². The van der Waals surface area contributed by atoms with Gasteiger partial charge in [0.1, 0.15) is 11.9 Å². The molecule has 0 saturated heterocycles. The highest BCUT2D eigenvalue weighted by atomic mass is 19.1. The third kappa shape index (κ3) is 3.84. The molecular formula is C17H23FN2O2. The number of aliphatic hydroxyl groups excluding tert-OH is 1. The van der Waals surface area contributed by atoms with E-state index in [9.17, 15) is 14.3 Å². The molecule has 1 aromatic rings. The maximum absolute atomic E-state index is 13.1. The second kappa shape index (κ2) is 6.34. The number of likely N-dealkylation sites (N-methyl/N-ethyl adjacent to an activating group) is 1. The van der Waals surface area contributed by atoms with E-state index in [0.717, 1.165) is 31.2 Å². The molecule has 1 amide bonds. The summed E-state index contributed by atoms with van der Waals surface area (Å²) in [6.07, 6.45) is 3.77. The molecule has 3 rings (SSSR count). The molecule has 1 aromatic carbocycles. The van der Waals surface area contributed by atoms with Crippen molar-refractivity contribution in [2.45, 2.75) is 43.9 Å². The molecule has 0 heterocycles. The lowest BCUT2D eigenvalue weighted by atomic mass is 10.0. The number of halogens is 1. The summed E-state index contributed by atoms with van der Waals surface area (Å²) in [5.41, 5.74) is 0.755. The van der Waals surface area contributed by atoms with Crippen molar-refractivity contribution < 1.29 is 14.3 Å². The number of rotatable bonds is 7. The van der Waals surface area contributed by atoms with E-state index < -0.39 is 12.1 Å². The van der Waals surface area contributed by atoms with Gasteiger partial charge < -0.3 is 10.4 Å². The van der Waals surface area contributed by atoms with Crippen molar-refractivity contribution in [2.75, 3.05) is 13.6 Å². The molecule has 0 bridgehead atoms. The van der Waals surface area contributed by atoms with Crippen LogP contribution in [0.1, 0.15) is 37.3 Å². The number of nitrogens with zero attached hydrogens (tertiary/aromatic N) is 1. The fraction of sp³-hybridized carbons (Fsp3) is 0.588. The quantitative estimate of drug-likeness (QED) is 0.808. The van der Waals surface area contributed by atoms with Gasteiger partial charge in [-0.05, 0) is 56.3 Å². The molecule has 5 heteroatoms. The van der Waals surface area contributed by atoms with E-state index in [4.69, 9.17) is 0 Å². The second-order valence-electron chi connectivity index (χ2n) is 6.58. The van der Waals surface area contributed by atoms with E-state index in [1.807, 2.05) is 11.9 Å². The van der Waals surface area contributed by atoms with Crippen LogP contribution in [0.3, 0.4) is 0 Å². The van der Waals surface area contributed by atoms with Crippen molar-refractivity contribution in [3.63, 3.8) is 0 Å². The molecule has 4 nitrogen and oxygen atoms in total. The van der Waals surface area contributed by atoms with E-state index in [2.05, 4.69) is 5.32 Å². The molecule has 2 atom stereocenters. The van der Waals surface area contributed by atoms with Gasteiger partial charge in [0.05, 0.1) is 6.10 Å². The zero-order chi connectivity index (χ0) is 15.7. The number of aliphatic hydroxyl groups is 1. The Bertz CT molecular complexity index is 526. The van der Waals surface area contributed by atoms with Crippen LogP contribution in [0.4, 0.5) is 4.39 Å². The lowest BCUT2D eigenvalue weighted by Gasteiger charge is -2.29. The van der Waals surface area contributed by atoms with Crippen molar-refractivity contribution in [1.29, 1.82) is 0 Å². The zero-order valence-electron chi connectivity index (χ0n) is 12.8. The van der Waals surface area contributed by atoms with Crippen LogP contribution in [0.2, 0.25) is 0 Å². The Labute approximate surface area is 130 Å². The Kier molecular flexibility index (Phi) is 4.45. The number of nitrogens with one attached hydrogen (secondary N) is 1. The normalized spacial score (nSPS) is 20.7. The standard InChI is InChI=1S/C17H23FN2O2/c1-20(10-15(21)11-2-3-11)16(17(22)19-14-8-9-14)12-4-6-13(18)7-5-12/h4-7,11,14-16,21H,2-3,8-10H2,1H3,(H,19,22). The number of carbonyl (C=O) groups excluding carboxylic acids is 1. The summed E-state index contributed by atoms with van der Waals surface area (Å²) < 4.78 is 13.1. The molecule has 0 spiro atoms. The molecule has 2 aliphatic carbocycles. The number of hydrogen-bond donors (Lipinski definition) is 2. The summed E-state index contributed by atoms with van der Waals surface area (Å²) >= 11 is 0. The van der Waals surface area contributed by atoms with E-state index in [1.165, 1.54) is 12.1 Å². The summed E-state index contributed by atoms with van der Waals surface area (Å²) in [7, 11) is 1.84. The van der Waals surface area contributed by atoms with Crippen LogP contribution in [0.5, 0.6) is 0 Å². The largest absolute Gasteiger partial charge is 0.392 e. The molecule has 120 valence electrons. The minimum Gasteiger partial charge on any atom is -0.392 e. The zero-order valence-corrected chi connectivity index (χ0v) is 12.8. The van der Waals surface area contributed by atoms with Gasteiger partial charge in [0, 0.05) is 12.6 Å². The predicted octanol–water partition coefficient (Wildman–Crippen LogP) is 1.85. The predicted molar refractivity (Wildman–Crippen MR) is 81.7 cm³/mol. The average molecular weight is 306 g/mol. The topological polar surface area (TPSA) is 52.6 Å². The molecule has 0 radical (unpaired) electrons. The first-order valence-electron chi connectivity index (χ1n) is 7.98. The summed E-state index contributed by atoms with van der Waals surface area (Å²) in [4.78, 5) is 14.4. The van der Waals surface area contributed by atoms with Crippen molar-refractivity contribution in [1.82, 2.24) is 10.2 Å². The van der Waals surface area contributed by atoms with Gasteiger partial charge in [0.2, 0.25) is 5.91 Å². The maximum atomic E-state index is 13.1. The van der Waals surface area contributed by atoms with Crippen molar-refractivity contribution in [2.24, 2.45) is 5.92 Å². The van der Waals surface area contributed by atoms with Crippen LogP contribution >= 0.6 is 0 Å². The van der Waals surface area contributed by atoms with Gasteiger partial charge in [-0.25, -0.2) is 4.39 Å². The molecule has 22 heavy (non-hydrogen) atoms. The molecule has 2 fully saturated rings. The monoisotopic (exact) mass is 306 g/mol. The van der Waals surface area contributed by atoms with Crippen molar-refractivity contribution >= 4 is 5.91 Å². The van der Waals surface area contributed by atoms with E-state index in [0.29, 0.717) is 12.5 Å². The van der Waals surface area contributed by atoms with Crippen LogP contribution < -0.4 is 5.32 Å². The highest BCUT2D eigenvalue weighted by molar-refractivity contribution is 5.83. The smallest absolute Gasteiger partial charge is 0.242 e. The molecule has 2 N–H and O–H groups in total. The molecular weight excluding hydrogens is 283 g/mol. The number of hydrogen-bond acceptors (Lipinski definition) is 3. The van der Waals surface area contributed by atoms with Gasteiger partial charge in [-0.2, -0.15) is 0 Å². The Morgan fingerprint density at radius 2 is 1.95 bits per heavy atom. The number of benzene rings is 1. The summed E-state index contributed by atoms with van der Waals surface area (Å²) in [6, 6.07) is 5.82. The van der Waals surface area contributed by atoms with Crippen LogP contribution in [0.15, 0.2) is 24.3 Å². The number of carbonyl (C=O) groups is 1. The van der Waals surface area contributed by atoms with Crippen LogP contribution in [-0.2, 0) is 4.79 Å². The molecule has 2 saturated carbocycles.